The fourth-order valence-electron chi connectivity index (χ4n) is 2.50. The minimum absolute atomic E-state index is 0.0288. The smallest absolute Gasteiger partial charge is 0.241 e. The van der Waals surface area contributed by atoms with E-state index in [0.29, 0.717) is 6.54 Å². The molecule has 0 heterocycles. The van der Waals surface area contributed by atoms with Gasteiger partial charge in [0.25, 0.3) is 0 Å². The lowest BCUT2D eigenvalue weighted by atomic mass is 9.89. The lowest BCUT2D eigenvalue weighted by molar-refractivity contribution is -0.125. The molecule has 0 aliphatic heterocycles. The highest BCUT2D eigenvalue weighted by Gasteiger charge is 2.24. The minimum Gasteiger partial charge on any atom is -0.396 e. The third-order valence-corrected chi connectivity index (χ3v) is 4.01. The van der Waals surface area contributed by atoms with E-state index in [4.69, 9.17) is 0 Å². The Morgan fingerprint density at radius 1 is 1.32 bits per heavy atom. The third-order valence-electron chi connectivity index (χ3n) is 4.01. The van der Waals surface area contributed by atoms with E-state index < -0.39 is 0 Å². The Morgan fingerprint density at radius 3 is 2.50 bits per heavy atom. The van der Waals surface area contributed by atoms with Crippen molar-refractivity contribution in [3.63, 3.8) is 0 Å². The average molecular weight is 306 g/mol. The number of rotatable bonds is 8. The van der Waals surface area contributed by atoms with Gasteiger partial charge in [0.2, 0.25) is 5.91 Å². The van der Waals surface area contributed by atoms with Crippen molar-refractivity contribution in [1.82, 2.24) is 10.2 Å². The third kappa shape index (κ3) is 5.43. The predicted octanol–water partition coefficient (Wildman–Crippen LogP) is 2.51. The Balaban J connectivity index is 2.63. The lowest BCUT2D eigenvalue weighted by Gasteiger charge is -2.26. The maximum atomic E-state index is 12.5. The van der Waals surface area contributed by atoms with Crippen LogP contribution in [0.1, 0.15) is 43.9 Å². The van der Waals surface area contributed by atoms with Gasteiger partial charge in [-0.15, -0.1) is 0 Å². The van der Waals surface area contributed by atoms with Crippen molar-refractivity contribution in [3.8, 4) is 0 Å². The molecule has 0 saturated heterocycles. The van der Waals surface area contributed by atoms with Gasteiger partial charge in [0.05, 0.1) is 0 Å². The Morgan fingerprint density at radius 2 is 1.95 bits per heavy atom. The summed E-state index contributed by atoms with van der Waals surface area (Å²) < 4.78 is 0. The molecule has 1 aromatic rings. The molecule has 1 atom stereocenters. The molecule has 1 amide bonds. The average Bonchev–Trinajstić information content (AvgIpc) is 2.45. The summed E-state index contributed by atoms with van der Waals surface area (Å²) >= 11 is 0. The molecule has 0 bridgehead atoms. The van der Waals surface area contributed by atoms with E-state index >= 15 is 0 Å². The Labute approximate surface area is 134 Å². The van der Waals surface area contributed by atoms with Gasteiger partial charge in [-0.1, -0.05) is 38.1 Å². The van der Waals surface area contributed by atoms with Crippen LogP contribution < -0.4 is 5.32 Å². The standard InChI is InChI=1S/C18H30N2O2/c1-14-9-6-7-10-15(14)16(20(4)5)17(22)19-12-8-11-18(2,3)13-21/h6-7,9-10,16,21H,8,11-13H2,1-5H3,(H,19,22)/t16-/m0/s1. The minimum atomic E-state index is -0.271. The van der Waals surface area contributed by atoms with Gasteiger partial charge in [0, 0.05) is 13.2 Å². The molecule has 0 aromatic heterocycles. The molecule has 1 aromatic carbocycles. The number of aliphatic hydroxyl groups is 1. The molecule has 0 unspecified atom stereocenters. The Bertz CT molecular complexity index is 484. The van der Waals surface area contributed by atoms with Crippen LogP contribution >= 0.6 is 0 Å². The highest BCUT2D eigenvalue weighted by Crippen LogP contribution is 2.23. The number of nitrogens with zero attached hydrogens (tertiary/aromatic N) is 1. The number of benzene rings is 1. The maximum absolute atomic E-state index is 12.5. The SMILES string of the molecule is Cc1ccccc1[C@@H](C(=O)NCCCC(C)(C)CO)N(C)C. The lowest BCUT2D eigenvalue weighted by Crippen LogP contribution is -2.38. The number of amides is 1. The predicted molar refractivity (Wildman–Crippen MR) is 90.7 cm³/mol. The summed E-state index contributed by atoms with van der Waals surface area (Å²) in [4.78, 5) is 14.5. The van der Waals surface area contributed by atoms with Gasteiger partial charge >= 0.3 is 0 Å². The molecule has 0 aliphatic carbocycles. The molecular formula is C18H30N2O2. The number of likely N-dealkylation sites (N-methyl/N-ethyl adjacent to an activating group) is 1. The highest BCUT2D eigenvalue weighted by atomic mass is 16.3. The number of carbonyl (C=O) groups is 1. The summed E-state index contributed by atoms with van der Waals surface area (Å²) in [5.74, 6) is 0.0288. The van der Waals surface area contributed by atoms with E-state index in [9.17, 15) is 9.90 Å². The fourth-order valence-corrected chi connectivity index (χ4v) is 2.50. The molecule has 0 spiro atoms. The first-order valence-corrected chi connectivity index (χ1v) is 7.89. The van der Waals surface area contributed by atoms with Crippen LogP contribution in [0.25, 0.3) is 0 Å². The Hall–Kier alpha value is -1.39. The van der Waals surface area contributed by atoms with Crippen molar-refractivity contribution < 1.29 is 9.90 Å². The molecule has 124 valence electrons. The zero-order valence-electron chi connectivity index (χ0n) is 14.5. The second-order valence-corrected chi connectivity index (χ2v) is 6.94. The second kappa shape index (κ2) is 8.30. The highest BCUT2D eigenvalue weighted by molar-refractivity contribution is 5.83. The molecule has 4 nitrogen and oxygen atoms in total. The quantitative estimate of drug-likeness (QED) is 0.726. The normalized spacial score (nSPS) is 13.2. The molecule has 0 fully saturated rings. The van der Waals surface area contributed by atoms with Crippen molar-refractivity contribution in [1.29, 1.82) is 0 Å². The van der Waals surface area contributed by atoms with Gasteiger partial charge in [-0.3, -0.25) is 9.69 Å². The van der Waals surface area contributed by atoms with Gasteiger partial charge in [0.1, 0.15) is 6.04 Å². The first-order valence-electron chi connectivity index (χ1n) is 7.89. The van der Waals surface area contributed by atoms with Crippen molar-refractivity contribution >= 4 is 5.91 Å². The van der Waals surface area contributed by atoms with E-state index in [1.807, 2.05) is 64.0 Å². The largest absolute Gasteiger partial charge is 0.396 e. The van der Waals surface area contributed by atoms with E-state index in [1.165, 1.54) is 0 Å². The second-order valence-electron chi connectivity index (χ2n) is 6.94. The van der Waals surface area contributed by atoms with Gasteiger partial charge in [-0.2, -0.15) is 0 Å². The first-order chi connectivity index (χ1) is 10.3. The van der Waals surface area contributed by atoms with Crippen LogP contribution in [0.4, 0.5) is 0 Å². The molecule has 22 heavy (non-hydrogen) atoms. The first kappa shape index (κ1) is 18.7. The van der Waals surface area contributed by atoms with Crippen LogP contribution in [-0.2, 0) is 4.79 Å². The Kier molecular flexibility index (Phi) is 7.04. The zero-order valence-corrected chi connectivity index (χ0v) is 14.5. The number of carbonyl (C=O) groups excluding carboxylic acids is 1. The number of aryl methyl sites for hydroxylation is 1. The number of hydrogen-bond acceptors (Lipinski definition) is 3. The summed E-state index contributed by atoms with van der Waals surface area (Å²) in [6, 6.07) is 7.72. The summed E-state index contributed by atoms with van der Waals surface area (Å²) in [5.41, 5.74) is 2.08. The number of hydrogen-bond donors (Lipinski definition) is 2. The maximum Gasteiger partial charge on any atom is 0.241 e. The molecule has 0 radical (unpaired) electrons. The molecular weight excluding hydrogens is 276 g/mol. The van der Waals surface area contributed by atoms with Gasteiger partial charge in [-0.05, 0) is 50.4 Å². The summed E-state index contributed by atoms with van der Waals surface area (Å²) in [6.45, 7) is 6.90. The van der Waals surface area contributed by atoms with Crippen LogP contribution in [0, 0.1) is 12.3 Å². The van der Waals surface area contributed by atoms with E-state index in [1.54, 1.807) is 0 Å². The van der Waals surface area contributed by atoms with Gasteiger partial charge in [-0.25, -0.2) is 0 Å². The topological polar surface area (TPSA) is 52.6 Å². The zero-order chi connectivity index (χ0) is 16.8. The van der Waals surface area contributed by atoms with Crippen LogP contribution in [-0.4, -0.2) is 43.2 Å². The molecule has 0 aliphatic rings. The van der Waals surface area contributed by atoms with Crippen molar-refractivity contribution in [3.05, 3.63) is 35.4 Å². The number of nitrogens with one attached hydrogen (secondary N) is 1. The summed E-state index contributed by atoms with van der Waals surface area (Å²) in [6.07, 6.45) is 1.76. The van der Waals surface area contributed by atoms with E-state index in [0.717, 1.165) is 24.0 Å². The van der Waals surface area contributed by atoms with Crippen molar-refractivity contribution in [2.45, 2.75) is 39.7 Å². The molecule has 2 N–H and O–H groups in total. The van der Waals surface area contributed by atoms with E-state index in [2.05, 4.69) is 5.32 Å². The van der Waals surface area contributed by atoms with E-state index in [-0.39, 0.29) is 24.0 Å². The fraction of sp³-hybridized carbons (Fsp3) is 0.611. The monoisotopic (exact) mass is 306 g/mol. The summed E-state index contributed by atoms with van der Waals surface area (Å²) in [5, 5.41) is 12.3. The van der Waals surface area contributed by atoms with Crippen LogP contribution in [0.2, 0.25) is 0 Å². The molecule has 4 heteroatoms. The van der Waals surface area contributed by atoms with Gasteiger partial charge in [0.15, 0.2) is 0 Å². The van der Waals surface area contributed by atoms with Crippen molar-refractivity contribution in [2.24, 2.45) is 5.41 Å². The van der Waals surface area contributed by atoms with Crippen molar-refractivity contribution in [2.75, 3.05) is 27.2 Å². The van der Waals surface area contributed by atoms with Crippen LogP contribution in [0.15, 0.2) is 24.3 Å². The molecule has 0 saturated carbocycles. The van der Waals surface area contributed by atoms with Gasteiger partial charge < -0.3 is 10.4 Å². The van der Waals surface area contributed by atoms with Crippen LogP contribution in [0.3, 0.4) is 0 Å². The van der Waals surface area contributed by atoms with Crippen LogP contribution in [0.5, 0.6) is 0 Å². The molecule has 1 rings (SSSR count). The number of aliphatic hydroxyl groups excluding tert-OH is 1. The summed E-state index contributed by atoms with van der Waals surface area (Å²) in [7, 11) is 3.84.